The van der Waals surface area contributed by atoms with E-state index in [1.165, 1.54) is 4.90 Å². The molecule has 0 bridgehead atoms. The number of benzene rings is 2. The van der Waals surface area contributed by atoms with Gasteiger partial charge in [-0.05, 0) is 36.4 Å². The van der Waals surface area contributed by atoms with Gasteiger partial charge < -0.3 is 19.7 Å². The molecule has 0 saturated heterocycles. The van der Waals surface area contributed by atoms with Gasteiger partial charge in [0, 0.05) is 11.4 Å². The van der Waals surface area contributed by atoms with E-state index in [9.17, 15) is 4.79 Å². The summed E-state index contributed by atoms with van der Waals surface area (Å²) in [6.07, 6.45) is 1.07. The molecule has 0 unspecified atom stereocenters. The molecule has 0 radical (unpaired) electrons. The summed E-state index contributed by atoms with van der Waals surface area (Å²) in [5, 5.41) is 2.94. The molecule has 138 valence electrons. The summed E-state index contributed by atoms with van der Waals surface area (Å²) in [5.41, 5.74) is 1.15. The van der Waals surface area contributed by atoms with Crippen molar-refractivity contribution in [2.75, 3.05) is 44.0 Å². The highest BCUT2D eigenvalue weighted by Gasteiger charge is 2.17. The molecular formula is C20H24N2O3S. The van der Waals surface area contributed by atoms with Gasteiger partial charge in [0.15, 0.2) is 11.5 Å². The normalized spacial score (nSPS) is 13.5. The van der Waals surface area contributed by atoms with E-state index in [1.54, 1.807) is 7.11 Å². The van der Waals surface area contributed by atoms with Crippen molar-refractivity contribution >= 4 is 23.4 Å². The number of methoxy groups -OCH3 is 1. The lowest BCUT2D eigenvalue weighted by Gasteiger charge is -2.23. The SMILES string of the molecule is COc1ccccc1OCCNC(=O)CN1CCCSc2ccccc21. The standard InChI is InChI=1S/C20H24N2O3S/c1-24-17-8-3-4-9-18(17)25-13-11-21-20(23)15-22-12-6-14-26-19-10-5-2-7-16(19)22/h2-5,7-10H,6,11-15H2,1H3,(H,21,23). The fraction of sp³-hybridized carbons (Fsp3) is 0.350. The van der Waals surface area contributed by atoms with Crippen LogP contribution in [0.2, 0.25) is 0 Å². The highest BCUT2D eigenvalue weighted by molar-refractivity contribution is 7.99. The average molecular weight is 372 g/mol. The van der Waals surface area contributed by atoms with Crippen molar-refractivity contribution in [3.8, 4) is 11.5 Å². The molecule has 3 rings (SSSR count). The van der Waals surface area contributed by atoms with Crippen molar-refractivity contribution in [1.29, 1.82) is 0 Å². The number of ether oxygens (including phenoxy) is 2. The molecule has 26 heavy (non-hydrogen) atoms. The highest BCUT2D eigenvalue weighted by atomic mass is 32.2. The third-order valence-electron chi connectivity index (χ3n) is 4.12. The first-order chi connectivity index (χ1) is 12.8. The second-order valence-corrected chi connectivity index (χ2v) is 7.08. The Morgan fingerprint density at radius 3 is 2.77 bits per heavy atom. The largest absolute Gasteiger partial charge is 0.493 e. The first-order valence-electron chi connectivity index (χ1n) is 8.77. The quantitative estimate of drug-likeness (QED) is 0.757. The van der Waals surface area contributed by atoms with E-state index in [4.69, 9.17) is 9.47 Å². The van der Waals surface area contributed by atoms with Crippen molar-refractivity contribution in [2.24, 2.45) is 0 Å². The summed E-state index contributed by atoms with van der Waals surface area (Å²) in [5.74, 6) is 2.47. The average Bonchev–Trinajstić information content (AvgIpc) is 2.88. The molecule has 1 heterocycles. The Kier molecular flexibility index (Phi) is 6.66. The lowest BCUT2D eigenvalue weighted by molar-refractivity contribution is -0.119. The molecule has 1 aliphatic rings. The summed E-state index contributed by atoms with van der Waals surface area (Å²) < 4.78 is 10.9. The van der Waals surface area contributed by atoms with Crippen LogP contribution in [0.4, 0.5) is 5.69 Å². The van der Waals surface area contributed by atoms with Crippen LogP contribution in [0.15, 0.2) is 53.4 Å². The maximum absolute atomic E-state index is 12.3. The number of carbonyl (C=O) groups excluding carboxylic acids is 1. The molecule has 2 aromatic carbocycles. The first-order valence-corrected chi connectivity index (χ1v) is 9.76. The number of nitrogens with one attached hydrogen (secondary N) is 1. The molecule has 0 saturated carbocycles. The lowest BCUT2D eigenvalue weighted by atomic mass is 10.2. The summed E-state index contributed by atoms with van der Waals surface area (Å²) in [4.78, 5) is 15.7. The molecule has 6 heteroatoms. The Balaban J connectivity index is 1.47. The summed E-state index contributed by atoms with van der Waals surface area (Å²) >= 11 is 1.86. The number of nitrogens with zero attached hydrogens (tertiary/aromatic N) is 1. The maximum atomic E-state index is 12.3. The molecule has 2 aromatic rings. The lowest BCUT2D eigenvalue weighted by Crippen LogP contribution is -2.39. The number of anilines is 1. The van der Waals surface area contributed by atoms with Crippen molar-refractivity contribution in [3.63, 3.8) is 0 Å². The fourth-order valence-electron chi connectivity index (χ4n) is 2.88. The molecule has 1 N–H and O–H groups in total. The van der Waals surface area contributed by atoms with Crippen molar-refractivity contribution in [2.45, 2.75) is 11.3 Å². The zero-order valence-electron chi connectivity index (χ0n) is 14.9. The van der Waals surface area contributed by atoms with E-state index in [0.29, 0.717) is 31.2 Å². The molecule has 0 spiro atoms. The van der Waals surface area contributed by atoms with Gasteiger partial charge in [-0.2, -0.15) is 0 Å². The maximum Gasteiger partial charge on any atom is 0.239 e. The Bertz CT molecular complexity index is 739. The Hall–Kier alpha value is -2.34. The summed E-state index contributed by atoms with van der Waals surface area (Å²) in [6.45, 7) is 2.13. The minimum atomic E-state index is 0.00956. The first kappa shape index (κ1) is 18.5. The van der Waals surface area contributed by atoms with E-state index in [-0.39, 0.29) is 5.91 Å². The molecule has 1 amide bonds. The van der Waals surface area contributed by atoms with E-state index < -0.39 is 0 Å². The van der Waals surface area contributed by atoms with E-state index in [1.807, 2.05) is 48.2 Å². The van der Waals surface area contributed by atoms with Crippen LogP contribution in [0, 0.1) is 0 Å². The minimum absolute atomic E-state index is 0.00956. The third-order valence-corrected chi connectivity index (χ3v) is 5.27. The number of fused-ring (bicyclic) bond motifs is 1. The van der Waals surface area contributed by atoms with Crippen molar-refractivity contribution in [3.05, 3.63) is 48.5 Å². The number of hydrogen-bond donors (Lipinski definition) is 1. The van der Waals surface area contributed by atoms with Gasteiger partial charge in [0.1, 0.15) is 6.61 Å². The smallest absolute Gasteiger partial charge is 0.239 e. The molecule has 1 aliphatic heterocycles. The second-order valence-electron chi connectivity index (χ2n) is 5.94. The zero-order chi connectivity index (χ0) is 18.2. The molecule has 0 fully saturated rings. The molecule has 0 atom stereocenters. The van der Waals surface area contributed by atoms with Gasteiger partial charge in [-0.1, -0.05) is 24.3 Å². The molecular weight excluding hydrogens is 348 g/mol. The van der Waals surface area contributed by atoms with Crippen LogP contribution in [0.25, 0.3) is 0 Å². The van der Waals surface area contributed by atoms with E-state index in [2.05, 4.69) is 22.3 Å². The summed E-state index contributed by atoms with van der Waals surface area (Å²) in [6, 6.07) is 15.8. The van der Waals surface area contributed by atoms with Crippen LogP contribution in [-0.4, -0.2) is 45.0 Å². The molecule has 0 aliphatic carbocycles. The predicted octanol–water partition coefficient (Wildman–Crippen LogP) is 3.19. The monoisotopic (exact) mass is 372 g/mol. The van der Waals surface area contributed by atoms with Crippen LogP contribution in [-0.2, 0) is 4.79 Å². The number of rotatable bonds is 7. The van der Waals surface area contributed by atoms with Crippen molar-refractivity contribution in [1.82, 2.24) is 5.32 Å². The predicted molar refractivity (Wildman–Crippen MR) is 105 cm³/mol. The van der Waals surface area contributed by atoms with Crippen LogP contribution in [0.1, 0.15) is 6.42 Å². The Labute approximate surface area is 158 Å². The van der Waals surface area contributed by atoms with Crippen LogP contribution >= 0.6 is 11.8 Å². The van der Waals surface area contributed by atoms with Gasteiger partial charge in [0.25, 0.3) is 0 Å². The summed E-state index contributed by atoms with van der Waals surface area (Å²) in [7, 11) is 1.61. The van der Waals surface area contributed by atoms with Gasteiger partial charge >= 0.3 is 0 Å². The van der Waals surface area contributed by atoms with Crippen LogP contribution < -0.4 is 19.7 Å². The van der Waals surface area contributed by atoms with Gasteiger partial charge in [0.05, 0.1) is 25.9 Å². The zero-order valence-corrected chi connectivity index (χ0v) is 15.8. The number of thioether (sulfide) groups is 1. The van der Waals surface area contributed by atoms with Gasteiger partial charge in [0.2, 0.25) is 5.91 Å². The van der Waals surface area contributed by atoms with Crippen LogP contribution in [0.5, 0.6) is 11.5 Å². The minimum Gasteiger partial charge on any atom is -0.493 e. The molecule has 5 nitrogen and oxygen atoms in total. The topological polar surface area (TPSA) is 50.8 Å². The van der Waals surface area contributed by atoms with Gasteiger partial charge in [-0.25, -0.2) is 0 Å². The number of hydrogen-bond acceptors (Lipinski definition) is 5. The van der Waals surface area contributed by atoms with Crippen molar-refractivity contribution < 1.29 is 14.3 Å². The van der Waals surface area contributed by atoms with E-state index >= 15 is 0 Å². The van der Waals surface area contributed by atoms with E-state index in [0.717, 1.165) is 24.4 Å². The Morgan fingerprint density at radius 2 is 1.92 bits per heavy atom. The Morgan fingerprint density at radius 1 is 1.15 bits per heavy atom. The fourth-order valence-corrected chi connectivity index (χ4v) is 3.89. The highest BCUT2D eigenvalue weighted by Crippen LogP contribution is 2.33. The third kappa shape index (κ3) is 4.85. The number of para-hydroxylation sites is 3. The number of amides is 1. The number of carbonyl (C=O) groups is 1. The second kappa shape index (κ2) is 9.38. The van der Waals surface area contributed by atoms with Crippen LogP contribution in [0.3, 0.4) is 0 Å². The van der Waals surface area contributed by atoms with Gasteiger partial charge in [-0.15, -0.1) is 11.8 Å². The van der Waals surface area contributed by atoms with Gasteiger partial charge in [-0.3, -0.25) is 4.79 Å². The molecule has 0 aromatic heterocycles.